The number of piperidine rings is 2. The third-order valence-corrected chi connectivity index (χ3v) is 6.69. The van der Waals surface area contributed by atoms with Crippen molar-refractivity contribution >= 4 is 16.5 Å². The van der Waals surface area contributed by atoms with Gasteiger partial charge >= 0.3 is 0 Å². The number of likely N-dealkylation sites (tertiary alicyclic amines) is 1. The fourth-order valence-electron chi connectivity index (χ4n) is 4.10. The first-order chi connectivity index (χ1) is 13.3. The third-order valence-electron chi connectivity index (χ3n) is 5.65. The van der Waals surface area contributed by atoms with Crippen molar-refractivity contribution in [3.63, 3.8) is 0 Å². The second kappa shape index (κ2) is 8.44. The molecule has 2 aliphatic heterocycles. The van der Waals surface area contributed by atoms with Crippen LogP contribution in [0.15, 0.2) is 18.2 Å². The Labute approximate surface area is 165 Å². The summed E-state index contributed by atoms with van der Waals surface area (Å²) in [7, 11) is 3.33. The van der Waals surface area contributed by atoms with Crippen LogP contribution in [0.5, 0.6) is 11.5 Å². The molecule has 3 heterocycles. The molecule has 146 valence electrons. The first-order valence-corrected chi connectivity index (χ1v) is 10.6. The normalized spacial score (nSPS) is 19.3. The minimum absolute atomic E-state index is 0.747. The van der Waals surface area contributed by atoms with E-state index < -0.39 is 0 Å². The van der Waals surface area contributed by atoms with Crippen molar-refractivity contribution in [3.8, 4) is 22.1 Å². The largest absolute Gasteiger partial charge is 0.497 e. The van der Waals surface area contributed by atoms with Crippen LogP contribution in [-0.4, -0.2) is 61.5 Å². The van der Waals surface area contributed by atoms with Gasteiger partial charge in [-0.25, -0.2) is 0 Å². The van der Waals surface area contributed by atoms with E-state index in [2.05, 4.69) is 20.0 Å². The van der Waals surface area contributed by atoms with Gasteiger partial charge in [-0.3, -0.25) is 0 Å². The topological polar surface area (TPSA) is 50.7 Å². The smallest absolute Gasteiger partial charge is 0.208 e. The molecule has 0 atom stereocenters. The third kappa shape index (κ3) is 4.19. The Bertz CT molecular complexity index is 730. The molecule has 7 heteroatoms. The molecule has 1 aromatic heterocycles. The van der Waals surface area contributed by atoms with Gasteiger partial charge in [-0.2, -0.15) is 0 Å². The molecule has 2 aliphatic rings. The minimum atomic E-state index is 0.747. The highest BCUT2D eigenvalue weighted by Crippen LogP contribution is 2.35. The number of hydrogen-bond donors (Lipinski definition) is 0. The van der Waals surface area contributed by atoms with E-state index >= 15 is 0 Å². The highest BCUT2D eigenvalue weighted by molar-refractivity contribution is 7.18. The Morgan fingerprint density at radius 2 is 1.56 bits per heavy atom. The molecule has 2 aromatic rings. The lowest BCUT2D eigenvalue weighted by Gasteiger charge is -2.40. The van der Waals surface area contributed by atoms with Crippen molar-refractivity contribution in [2.45, 2.75) is 38.1 Å². The summed E-state index contributed by atoms with van der Waals surface area (Å²) in [4.78, 5) is 5.09. The number of ether oxygens (including phenoxy) is 2. The molecule has 6 nitrogen and oxygen atoms in total. The van der Waals surface area contributed by atoms with Gasteiger partial charge < -0.3 is 19.3 Å². The van der Waals surface area contributed by atoms with Gasteiger partial charge in [-0.1, -0.05) is 17.8 Å². The number of hydrogen-bond acceptors (Lipinski definition) is 7. The number of benzene rings is 1. The van der Waals surface area contributed by atoms with Crippen LogP contribution >= 0.6 is 11.3 Å². The maximum atomic E-state index is 5.37. The number of rotatable bonds is 5. The van der Waals surface area contributed by atoms with E-state index in [0.717, 1.165) is 46.3 Å². The predicted molar refractivity (Wildman–Crippen MR) is 109 cm³/mol. The summed E-state index contributed by atoms with van der Waals surface area (Å²) < 4.78 is 10.7. The van der Waals surface area contributed by atoms with Crippen LogP contribution in [0.1, 0.15) is 32.1 Å². The van der Waals surface area contributed by atoms with Crippen molar-refractivity contribution in [1.29, 1.82) is 0 Å². The van der Waals surface area contributed by atoms with Gasteiger partial charge in [0.2, 0.25) is 5.13 Å². The number of anilines is 1. The first-order valence-electron chi connectivity index (χ1n) is 9.83. The zero-order valence-corrected chi connectivity index (χ0v) is 17.0. The Morgan fingerprint density at radius 1 is 0.889 bits per heavy atom. The summed E-state index contributed by atoms with van der Waals surface area (Å²) in [6.45, 7) is 4.70. The lowest BCUT2D eigenvalue weighted by atomic mass is 10.0. The van der Waals surface area contributed by atoms with E-state index in [-0.39, 0.29) is 0 Å². The molecule has 0 bridgehead atoms. The van der Waals surface area contributed by atoms with Gasteiger partial charge in [-0.05, 0) is 50.9 Å². The molecule has 0 saturated carbocycles. The second-order valence-corrected chi connectivity index (χ2v) is 8.26. The van der Waals surface area contributed by atoms with Gasteiger partial charge in [0.1, 0.15) is 16.5 Å². The summed E-state index contributed by atoms with van der Waals surface area (Å²) in [5.74, 6) is 1.53. The van der Waals surface area contributed by atoms with E-state index in [9.17, 15) is 0 Å². The summed E-state index contributed by atoms with van der Waals surface area (Å²) in [6.07, 6.45) is 6.58. The summed E-state index contributed by atoms with van der Waals surface area (Å²) in [5.41, 5.74) is 0.984. The van der Waals surface area contributed by atoms with E-state index in [1.54, 1.807) is 25.6 Å². The first kappa shape index (κ1) is 18.5. The van der Waals surface area contributed by atoms with Crippen LogP contribution in [0.2, 0.25) is 0 Å². The minimum Gasteiger partial charge on any atom is -0.497 e. The fraction of sp³-hybridized carbons (Fsp3) is 0.600. The molecule has 1 aromatic carbocycles. The summed E-state index contributed by atoms with van der Waals surface area (Å²) in [6, 6.07) is 6.58. The van der Waals surface area contributed by atoms with Crippen LogP contribution in [0, 0.1) is 0 Å². The van der Waals surface area contributed by atoms with Crippen molar-refractivity contribution in [3.05, 3.63) is 18.2 Å². The molecule has 0 unspecified atom stereocenters. The molecule has 0 aliphatic carbocycles. The van der Waals surface area contributed by atoms with E-state index in [1.807, 2.05) is 18.2 Å². The highest BCUT2D eigenvalue weighted by atomic mass is 32.1. The zero-order chi connectivity index (χ0) is 18.6. The fourth-order valence-corrected chi connectivity index (χ4v) is 4.98. The molecule has 2 saturated heterocycles. The number of aromatic nitrogens is 2. The van der Waals surface area contributed by atoms with Crippen LogP contribution in [-0.2, 0) is 0 Å². The van der Waals surface area contributed by atoms with Crippen LogP contribution < -0.4 is 14.4 Å². The quantitative estimate of drug-likeness (QED) is 0.779. The van der Waals surface area contributed by atoms with Gasteiger partial charge in [0.05, 0.1) is 14.2 Å². The van der Waals surface area contributed by atoms with Gasteiger partial charge in [0.25, 0.3) is 0 Å². The van der Waals surface area contributed by atoms with Crippen LogP contribution in [0.3, 0.4) is 0 Å². The summed E-state index contributed by atoms with van der Waals surface area (Å²) >= 11 is 1.65. The van der Waals surface area contributed by atoms with Crippen molar-refractivity contribution < 1.29 is 9.47 Å². The molecular weight excluding hydrogens is 360 g/mol. The molecule has 0 amide bonds. The van der Waals surface area contributed by atoms with Crippen molar-refractivity contribution in [1.82, 2.24) is 15.1 Å². The standard InChI is InChI=1S/C20H28N4O2S/c1-25-17-12-15(13-18(14-17)26-2)19-21-22-20(27-19)24-10-6-16(7-11-24)23-8-4-3-5-9-23/h12-14,16H,3-11H2,1-2H3. The molecule has 0 radical (unpaired) electrons. The van der Waals surface area contributed by atoms with Crippen molar-refractivity contribution in [2.75, 3.05) is 45.3 Å². The molecule has 0 spiro atoms. The number of methoxy groups -OCH3 is 2. The second-order valence-electron chi connectivity index (χ2n) is 7.31. The van der Waals surface area contributed by atoms with Gasteiger partial charge in [-0.15, -0.1) is 10.2 Å². The lowest BCUT2D eigenvalue weighted by molar-refractivity contribution is 0.141. The van der Waals surface area contributed by atoms with Gasteiger partial charge in [0.15, 0.2) is 0 Å². The van der Waals surface area contributed by atoms with Crippen LogP contribution in [0.25, 0.3) is 10.6 Å². The van der Waals surface area contributed by atoms with Gasteiger partial charge in [0, 0.05) is 30.8 Å². The van der Waals surface area contributed by atoms with E-state index in [1.165, 1.54) is 45.2 Å². The van der Waals surface area contributed by atoms with E-state index in [0.29, 0.717) is 0 Å². The molecular formula is C20H28N4O2S. The summed E-state index contributed by atoms with van der Waals surface area (Å²) in [5, 5.41) is 10.8. The number of nitrogens with zero attached hydrogens (tertiary/aromatic N) is 4. The Hall–Kier alpha value is -1.86. The maximum Gasteiger partial charge on any atom is 0.208 e. The Balaban J connectivity index is 1.43. The molecule has 4 rings (SSSR count). The zero-order valence-electron chi connectivity index (χ0n) is 16.2. The van der Waals surface area contributed by atoms with Crippen LogP contribution in [0.4, 0.5) is 5.13 Å². The monoisotopic (exact) mass is 388 g/mol. The predicted octanol–water partition coefficient (Wildman–Crippen LogP) is 3.68. The Kier molecular flexibility index (Phi) is 5.78. The average molecular weight is 389 g/mol. The lowest BCUT2D eigenvalue weighted by Crippen LogP contribution is -2.46. The maximum absolute atomic E-state index is 5.37. The Morgan fingerprint density at radius 3 is 2.19 bits per heavy atom. The molecule has 0 N–H and O–H groups in total. The van der Waals surface area contributed by atoms with E-state index in [4.69, 9.17) is 9.47 Å². The van der Waals surface area contributed by atoms with Crippen molar-refractivity contribution in [2.24, 2.45) is 0 Å². The SMILES string of the molecule is COc1cc(OC)cc(-c2nnc(N3CCC(N4CCCCC4)CC3)s2)c1. The average Bonchev–Trinajstić information content (AvgIpc) is 3.24. The molecule has 2 fully saturated rings. The highest BCUT2D eigenvalue weighted by Gasteiger charge is 2.27. The molecule has 27 heavy (non-hydrogen) atoms.